The number of ether oxygens (including phenoxy) is 2. The molecule has 1 saturated heterocycles. The van der Waals surface area contributed by atoms with Gasteiger partial charge in [0.2, 0.25) is 5.82 Å². The molecule has 1 aliphatic heterocycles. The zero-order chi connectivity index (χ0) is 24.3. The van der Waals surface area contributed by atoms with Crippen molar-refractivity contribution in [1.29, 1.82) is 0 Å². The van der Waals surface area contributed by atoms with Crippen LogP contribution in [0.4, 0.5) is 5.69 Å². The molecule has 0 amide bonds. The second-order valence-electron chi connectivity index (χ2n) is 9.42. The third-order valence-electron chi connectivity index (χ3n) is 6.93. The van der Waals surface area contributed by atoms with Crippen molar-refractivity contribution in [3.63, 3.8) is 0 Å². The van der Waals surface area contributed by atoms with Gasteiger partial charge in [0.1, 0.15) is 17.1 Å². The quantitative estimate of drug-likeness (QED) is 0.402. The largest absolute Gasteiger partial charge is 0.488 e. The van der Waals surface area contributed by atoms with E-state index in [1.165, 1.54) is 4.80 Å². The lowest BCUT2D eigenvalue weighted by atomic mass is 9.85. The van der Waals surface area contributed by atoms with Crippen LogP contribution in [0.2, 0.25) is 0 Å². The Balaban J connectivity index is 1.09. The highest BCUT2D eigenvalue weighted by Gasteiger charge is 2.25. The van der Waals surface area contributed by atoms with Gasteiger partial charge in [-0.2, -0.15) is 4.80 Å². The Kier molecular flexibility index (Phi) is 6.37. The second-order valence-corrected chi connectivity index (χ2v) is 9.42. The van der Waals surface area contributed by atoms with Gasteiger partial charge in [-0.15, -0.1) is 10.2 Å². The molecular formula is C25H29N9O2. The zero-order valence-electron chi connectivity index (χ0n) is 20.3. The van der Waals surface area contributed by atoms with Crippen LogP contribution in [0.3, 0.4) is 0 Å². The Morgan fingerprint density at radius 1 is 0.972 bits per heavy atom. The third-order valence-corrected chi connectivity index (χ3v) is 6.93. The Morgan fingerprint density at radius 2 is 1.75 bits per heavy atom. The molecule has 4 heterocycles. The number of morpholine rings is 1. The van der Waals surface area contributed by atoms with Gasteiger partial charge in [0.05, 0.1) is 37.4 Å². The minimum atomic E-state index is 0.164. The van der Waals surface area contributed by atoms with E-state index in [4.69, 9.17) is 9.47 Å². The van der Waals surface area contributed by atoms with Crippen LogP contribution in [0.5, 0.6) is 5.75 Å². The summed E-state index contributed by atoms with van der Waals surface area (Å²) in [6.45, 7) is 3.22. The van der Waals surface area contributed by atoms with Gasteiger partial charge in [-0.25, -0.2) is 15.0 Å². The van der Waals surface area contributed by atoms with Gasteiger partial charge in [-0.05, 0) is 42.9 Å². The summed E-state index contributed by atoms with van der Waals surface area (Å²) >= 11 is 0. The summed E-state index contributed by atoms with van der Waals surface area (Å²) in [5.41, 5.74) is 3.58. The van der Waals surface area contributed by atoms with Crippen molar-refractivity contribution < 1.29 is 9.47 Å². The fraction of sp³-hybridized carbons (Fsp3) is 0.480. The first-order valence-electron chi connectivity index (χ1n) is 12.5. The van der Waals surface area contributed by atoms with Crippen molar-refractivity contribution in [1.82, 2.24) is 40.1 Å². The van der Waals surface area contributed by atoms with E-state index in [0.29, 0.717) is 11.7 Å². The number of tetrazole rings is 1. The highest BCUT2D eigenvalue weighted by molar-refractivity contribution is 5.85. The van der Waals surface area contributed by atoms with Crippen molar-refractivity contribution in [2.75, 3.05) is 31.2 Å². The molecule has 2 aliphatic rings. The van der Waals surface area contributed by atoms with Gasteiger partial charge >= 0.3 is 0 Å². The molecule has 1 aliphatic carbocycles. The number of hydrogen-bond donors (Lipinski definition) is 0. The van der Waals surface area contributed by atoms with Crippen LogP contribution in [0.1, 0.15) is 31.5 Å². The Labute approximate surface area is 208 Å². The molecule has 0 radical (unpaired) electrons. The molecule has 11 nitrogen and oxygen atoms in total. The first kappa shape index (κ1) is 22.7. The number of hydrogen-bond acceptors (Lipinski definition) is 10. The second kappa shape index (κ2) is 10.1. The van der Waals surface area contributed by atoms with Crippen LogP contribution in [0, 0.1) is 5.92 Å². The SMILES string of the molecule is Cn1nnc(-c2cnc(CC3CCC(Oc4cc(N5CCOCC5)cc5nccnc45)CC3)nc2)n1. The van der Waals surface area contributed by atoms with Gasteiger partial charge in [0.15, 0.2) is 0 Å². The molecule has 0 spiro atoms. The van der Waals surface area contributed by atoms with Crippen LogP contribution in [-0.4, -0.2) is 72.6 Å². The number of aryl methyl sites for hydroxylation is 1. The van der Waals surface area contributed by atoms with Crippen molar-refractivity contribution in [2.45, 2.75) is 38.2 Å². The maximum absolute atomic E-state index is 6.55. The van der Waals surface area contributed by atoms with E-state index in [1.807, 2.05) is 0 Å². The van der Waals surface area contributed by atoms with E-state index in [1.54, 1.807) is 31.8 Å². The predicted octanol–water partition coefficient (Wildman–Crippen LogP) is 2.63. The fourth-order valence-electron chi connectivity index (χ4n) is 4.99. The molecule has 6 rings (SSSR count). The average Bonchev–Trinajstić information content (AvgIpc) is 3.37. The average molecular weight is 488 g/mol. The van der Waals surface area contributed by atoms with Gasteiger partial charge in [0, 0.05) is 56.1 Å². The number of nitrogens with zero attached hydrogens (tertiary/aromatic N) is 9. The molecule has 0 bridgehead atoms. The number of aromatic nitrogens is 8. The Morgan fingerprint density at radius 3 is 2.50 bits per heavy atom. The molecule has 36 heavy (non-hydrogen) atoms. The number of benzene rings is 1. The molecule has 3 aromatic heterocycles. The first-order valence-corrected chi connectivity index (χ1v) is 12.5. The highest BCUT2D eigenvalue weighted by Crippen LogP contribution is 2.34. The maximum atomic E-state index is 6.55. The highest BCUT2D eigenvalue weighted by atomic mass is 16.5. The first-order chi connectivity index (χ1) is 17.7. The topological polar surface area (TPSA) is 117 Å². The van der Waals surface area contributed by atoms with Crippen molar-refractivity contribution in [2.24, 2.45) is 13.0 Å². The van der Waals surface area contributed by atoms with Crippen LogP contribution in [-0.2, 0) is 18.2 Å². The van der Waals surface area contributed by atoms with Crippen LogP contribution in [0.25, 0.3) is 22.4 Å². The zero-order valence-corrected chi connectivity index (χ0v) is 20.3. The normalized spacial score (nSPS) is 20.5. The van der Waals surface area contributed by atoms with E-state index in [0.717, 1.165) is 92.3 Å². The molecule has 1 aromatic carbocycles. The van der Waals surface area contributed by atoms with Crippen LogP contribution in [0.15, 0.2) is 36.9 Å². The molecule has 0 N–H and O–H groups in total. The summed E-state index contributed by atoms with van der Waals surface area (Å²) in [6, 6.07) is 4.22. The summed E-state index contributed by atoms with van der Waals surface area (Å²) in [5, 5.41) is 12.1. The molecule has 0 unspecified atom stereocenters. The molecule has 2 fully saturated rings. The summed E-state index contributed by atoms with van der Waals surface area (Å²) < 4.78 is 12.1. The lowest BCUT2D eigenvalue weighted by Crippen LogP contribution is -2.36. The van der Waals surface area contributed by atoms with Gasteiger partial charge in [0.25, 0.3) is 0 Å². The number of rotatable bonds is 6. The van der Waals surface area contributed by atoms with E-state index in [-0.39, 0.29) is 6.10 Å². The molecular weight excluding hydrogens is 458 g/mol. The van der Waals surface area contributed by atoms with Gasteiger partial charge in [-0.3, -0.25) is 4.98 Å². The Bertz CT molecular complexity index is 1310. The summed E-state index contributed by atoms with van der Waals surface area (Å²) in [7, 11) is 1.74. The van der Waals surface area contributed by atoms with E-state index < -0.39 is 0 Å². The lowest BCUT2D eigenvalue weighted by Gasteiger charge is -2.31. The molecule has 1 saturated carbocycles. The summed E-state index contributed by atoms with van der Waals surface area (Å²) in [6.07, 6.45) is 12.2. The standard InChI is InChI=1S/C25H29N9O2/c1-33-31-25(30-32-33)18-15-28-23(29-16-18)12-17-2-4-20(5-3-17)36-22-14-19(34-8-10-35-11-9-34)13-21-24(22)27-7-6-26-21/h6-7,13-17,20H,2-5,8-12H2,1H3. The van der Waals surface area contributed by atoms with Crippen molar-refractivity contribution in [3.8, 4) is 17.1 Å². The smallest absolute Gasteiger partial charge is 0.208 e. The van der Waals surface area contributed by atoms with Crippen molar-refractivity contribution in [3.05, 3.63) is 42.7 Å². The van der Waals surface area contributed by atoms with Gasteiger partial charge in [-0.1, -0.05) is 0 Å². The third kappa shape index (κ3) is 4.97. The minimum Gasteiger partial charge on any atom is -0.488 e. The minimum absolute atomic E-state index is 0.164. The number of anilines is 1. The van der Waals surface area contributed by atoms with E-state index in [2.05, 4.69) is 52.4 Å². The van der Waals surface area contributed by atoms with E-state index in [9.17, 15) is 0 Å². The Hall–Kier alpha value is -3.73. The van der Waals surface area contributed by atoms with Gasteiger partial charge < -0.3 is 14.4 Å². The molecule has 0 atom stereocenters. The lowest BCUT2D eigenvalue weighted by molar-refractivity contribution is 0.122. The van der Waals surface area contributed by atoms with Crippen LogP contribution < -0.4 is 9.64 Å². The predicted molar refractivity (Wildman–Crippen MR) is 132 cm³/mol. The molecule has 186 valence electrons. The summed E-state index contributed by atoms with van der Waals surface area (Å²) in [4.78, 5) is 22.0. The van der Waals surface area contributed by atoms with E-state index >= 15 is 0 Å². The summed E-state index contributed by atoms with van der Waals surface area (Å²) in [5.74, 6) is 2.76. The monoisotopic (exact) mass is 487 g/mol. The number of fused-ring (bicyclic) bond motifs is 1. The molecule has 4 aromatic rings. The fourth-order valence-corrected chi connectivity index (χ4v) is 4.99. The maximum Gasteiger partial charge on any atom is 0.208 e. The van der Waals surface area contributed by atoms with Crippen molar-refractivity contribution >= 4 is 16.7 Å². The van der Waals surface area contributed by atoms with Crippen LogP contribution >= 0.6 is 0 Å². The molecule has 11 heteroatoms.